The SMILES string of the molecule is COc1c(C)ccc(F)c1C(N)CCC(=O)O. The van der Waals surface area contributed by atoms with Gasteiger partial charge in [-0.3, -0.25) is 4.79 Å². The second kappa shape index (κ2) is 5.63. The fraction of sp³-hybridized carbons (Fsp3) is 0.417. The predicted octanol–water partition coefficient (Wildman–Crippen LogP) is 2.01. The zero-order valence-electron chi connectivity index (χ0n) is 9.87. The van der Waals surface area contributed by atoms with E-state index in [-0.39, 0.29) is 18.4 Å². The van der Waals surface area contributed by atoms with E-state index in [2.05, 4.69) is 0 Å². The summed E-state index contributed by atoms with van der Waals surface area (Å²) in [6, 6.07) is 2.23. The summed E-state index contributed by atoms with van der Waals surface area (Å²) >= 11 is 0. The number of hydrogen-bond donors (Lipinski definition) is 2. The number of rotatable bonds is 5. The van der Waals surface area contributed by atoms with Crippen LogP contribution in [0.1, 0.15) is 30.0 Å². The van der Waals surface area contributed by atoms with Crippen molar-refractivity contribution in [3.8, 4) is 5.75 Å². The smallest absolute Gasteiger partial charge is 0.303 e. The highest BCUT2D eigenvalue weighted by molar-refractivity contribution is 5.66. The molecule has 0 aromatic heterocycles. The van der Waals surface area contributed by atoms with Crippen LogP contribution in [0.25, 0.3) is 0 Å². The Labute approximate surface area is 99.2 Å². The Morgan fingerprint density at radius 3 is 2.76 bits per heavy atom. The maximum Gasteiger partial charge on any atom is 0.303 e. The van der Waals surface area contributed by atoms with Gasteiger partial charge in [0.05, 0.1) is 7.11 Å². The van der Waals surface area contributed by atoms with Crippen LogP contribution >= 0.6 is 0 Å². The molecule has 3 N–H and O–H groups in total. The Kier molecular flexibility index (Phi) is 4.45. The molecule has 1 aromatic carbocycles. The molecule has 94 valence electrons. The van der Waals surface area contributed by atoms with Gasteiger partial charge in [0.2, 0.25) is 0 Å². The molecule has 0 radical (unpaired) electrons. The van der Waals surface area contributed by atoms with Gasteiger partial charge >= 0.3 is 5.97 Å². The monoisotopic (exact) mass is 241 g/mol. The topological polar surface area (TPSA) is 72.5 Å². The van der Waals surface area contributed by atoms with Crippen LogP contribution in [-0.2, 0) is 4.79 Å². The minimum atomic E-state index is -0.951. The van der Waals surface area contributed by atoms with E-state index in [1.807, 2.05) is 0 Å². The molecule has 1 aromatic rings. The Hall–Kier alpha value is -1.62. The molecule has 1 rings (SSSR count). The maximum absolute atomic E-state index is 13.7. The van der Waals surface area contributed by atoms with E-state index in [1.165, 1.54) is 13.2 Å². The van der Waals surface area contributed by atoms with Gasteiger partial charge in [-0.05, 0) is 25.0 Å². The highest BCUT2D eigenvalue weighted by Gasteiger charge is 2.19. The van der Waals surface area contributed by atoms with Crippen LogP contribution in [0.15, 0.2) is 12.1 Å². The Morgan fingerprint density at radius 1 is 1.59 bits per heavy atom. The Balaban J connectivity index is 3.02. The van der Waals surface area contributed by atoms with Crippen molar-refractivity contribution in [2.24, 2.45) is 5.73 Å². The van der Waals surface area contributed by atoms with Crippen molar-refractivity contribution in [1.82, 2.24) is 0 Å². The molecule has 0 aliphatic rings. The van der Waals surface area contributed by atoms with Crippen molar-refractivity contribution in [2.75, 3.05) is 7.11 Å². The van der Waals surface area contributed by atoms with Gasteiger partial charge in [-0.1, -0.05) is 6.07 Å². The van der Waals surface area contributed by atoms with E-state index in [4.69, 9.17) is 15.6 Å². The van der Waals surface area contributed by atoms with Crippen LogP contribution < -0.4 is 10.5 Å². The zero-order chi connectivity index (χ0) is 13.0. The van der Waals surface area contributed by atoms with Gasteiger partial charge in [0.25, 0.3) is 0 Å². The molecule has 0 bridgehead atoms. The molecule has 1 atom stereocenters. The second-order valence-corrected chi connectivity index (χ2v) is 3.85. The fourth-order valence-corrected chi connectivity index (χ4v) is 1.72. The fourth-order valence-electron chi connectivity index (χ4n) is 1.72. The van der Waals surface area contributed by atoms with Gasteiger partial charge in [0, 0.05) is 18.0 Å². The first-order chi connectivity index (χ1) is 7.97. The highest BCUT2D eigenvalue weighted by Crippen LogP contribution is 2.32. The number of carboxylic acid groups (broad SMARTS) is 1. The third-order valence-electron chi connectivity index (χ3n) is 2.58. The number of nitrogens with two attached hydrogens (primary N) is 1. The summed E-state index contributed by atoms with van der Waals surface area (Å²) in [5, 5.41) is 8.58. The van der Waals surface area contributed by atoms with E-state index in [9.17, 15) is 9.18 Å². The van der Waals surface area contributed by atoms with Crippen LogP contribution in [-0.4, -0.2) is 18.2 Å². The normalized spacial score (nSPS) is 12.2. The number of ether oxygens (including phenoxy) is 1. The lowest BCUT2D eigenvalue weighted by atomic mass is 9.99. The summed E-state index contributed by atoms with van der Waals surface area (Å²) in [6.45, 7) is 1.78. The number of aliphatic carboxylic acids is 1. The lowest BCUT2D eigenvalue weighted by molar-refractivity contribution is -0.137. The van der Waals surface area contributed by atoms with E-state index < -0.39 is 17.8 Å². The highest BCUT2D eigenvalue weighted by atomic mass is 19.1. The molecule has 0 saturated heterocycles. The number of carboxylic acids is 1. The first-order valence-corrected chi connectivity index (χ1v) is 5.27. The van der Waals surface area contributed by atoms with Crippen LogP contribution in [0, 0.1) is 12.7 Å². The molecule has 0 amide bonds. The summed E-state index contributed by atoms with van der Waals surface area (Å²) < 4.78 is 18.8. The molecular formula is C12H16FNO3. The predicted molar refractivity (Wildman–Crippen MR) is 61.5 cm³/mol. The molecule has 0 spiro atoms. The number of benzene rings is 1. The van der Waals surface area contributed by atoms with E-state index in [0.717, 1.165) is 5.56 Å². The van der Waals surface area contributed by atoms with Gasteiger partial charge in [-0.15, -0.1) is 0 Å². The molecule has 1 unspecified atom stereocenters. The van der Waals surface area contributed by atoms with Gasteiger partial charge in [-0.25, -0.2) is 4.39 Å². The summed E-state index contributed by atoms with van der Waals surface area (Å²) in [6.07, 6.45) is 0.0732. The standard InChI is InChI=1S/C12H16FNO3/c1-7-3-4-8(13)11(12(7)17-2)9(14)5-6-10(15)16/h3-4,9H,5-6,14H2,1-2H3,(H,15,16). The van der Waals surface area contributed by atoms with Crippen molar-refractivity contribution >= 4 is 5.97 Å². The third-order valence-corrected chi connectivity index (χ3v) is 2.58. The van der Waals surface area contributed by atoms with Crippen molar-refractivity contribution < 1.29 is 19.0 Å². The van der Waals surface area contributed by atoms with Crippen LogP contribution in [0.5, 0.6) is 5.75 Å². The van der Waals surface area contributed by atoms with Crippen molar-refractivity contribution in [3.63, 3.8) is 0 Å². The summed E-state index contributed by atoms with van der Waals surface area (Å²) in [7, 11) is 1.44. The molecule has 5 heteroatoms. The van der Waals surface area contributed by atoms with E-state index in [1.54, 1.807) is 13.0 Å². The minimum absolute atomic E-state index is 0.0995. The van der Waals surface area contributed by atoms with Crippen molar-refractivity contribution in [3.05, 3.63) is 29.1 Å². The number of halogens is 1. The molecule has 0 heterocycles. The van der Waals surface area contributed by atoms with Crippen molar-refractivity contribution in [2.45, 2.75) is 25.8 Å². The average molecular weight is 241 g/mol. The van der Waals surface area contributed by atoms with E-state index >= 15 is 0 Å². The zero-order valence-corrected chi connectivity index (χ0v) is 9.87. The Morgan fingerprint density at radius 2 is 2.24 bits per heavy atom. The summed E-state index contributed by atoms with van der Waals surface area (Å²) in [4.78, 5) is 10.5. The van der Waals surface area contributed by atoms with Gasteiger partial charge in [0.1, 0.15) is 11.6 Å². The minimum Gasteiger partial charge on any atom is -0.496 e. The molecule has 0 aliphatic heterocycles. The number of aryl methyl sites for hydroxylation is 1. The molecule has 0 aliphatic carbocycles. The van der Waals surface area contributed by atoms with Gasteiger partial charge in [-0.2, -0.15) is 0 Å². The first-order valence-electron chi connectivity index (χ1n) is 5.27. The van der Waals surface area contributed by atoms with Gasteiger partial charge < -0.3 is 15.6 Å². The Bertz CT molecular complexity index is 420. The van der Waals surface area contributed by atoms with Crippen LogP contribution in [0.2, 0.25) is 0 Å². The maximum atomic E-state index is 13.7. The molecule has 4 nitrogen and oxygen atoms in total. The molecule has 0 fully saturated rings. The molecular weight excluding hydrogens is 225 g/mol. The van der Waals surface area contributed by atoms with Crippen LogP contribution in [0.4, 0.5) is 4.39 Å². The lowest BCUT2D eigenvalue weighted by Crippen LogP contribution is -2.15. The molecule has 0 saturated carbocycles. The van der Waals surface area contributed by atoms with Crippen LogP contribution in [0.3, 0.4) is 0 Å². The number of methoxy groups -OCH3 is 1. The summed E-state index contributed by atoms with van der Waals surface area (Å²) in [5.41, 5.74) is 6.82. The second-order valence-electron chi connectivity index (χ2n) is 3.85. The average Bonchev–Trinajstić information content (AvgIpc) is 2.28. The van der Waals surface area contributed by atoms with E-state index in [0.29, 0.717) is 5.75 Å². The number of carbonyl (C=O) groups is 1. The lowest BCUT2D eigenvalue weighted by Gasteiger charge is -2.17. The largest absolute Gasteiger partial charge is 0.496 e. The van der Waals surface area contributed by atoms with Crippen molar-refractivity contribution in [1.29, 1.82) is 0 Å². The summed E-state index contributed by atoms with van der Waals surface area (Å²) in [5.74, 6) is -1.03. The number of hydrogen-bond acceptors (Lipinski definition) is 3. The third kappa shape index (κ3) is 3.17. The molecule has 17 heavy (non-hydrogen) atoms. The van der Waals surface area contributed by atoms with Gasteiger partial charge in [0.15, 0.2) is 0 Å². The quantitative estimate of drug-likeness (QED) is 0.827. The first kappa shape index (κ1) is 13.4.